The second-order valence-corrected chi connectivity index (χ2v) is 11.9. The van der Waals surface area contributed by atoms with Gasteiger partial charge >= 0.3 is 0 Å². The topological polar surface area (TPSA) is 123 Å². The normalized spacial score (nSPS) is 14.8. The average Bonchev–Trinajstić information content (AvgIpc) is 3.27. The summed E-state index contributed by atoms with van der Waals surface area (Å²) in [5.74, 6) is 0.232. The van der Waals surface area contributed by atoms with E-state index in [4.69, 9.17) is 4.74 Å². The van der Waals surface area contributed by atoms with E-state index in [0.29, 0.717) is 27.9 Å². The third-order valence-corrected chi connectivity index (χ3v) is 8.97. The van der Waals surface area contributed by atoms with Gasteiger partial charge in [0.25, 0.3) is 10.0 Å². The molecule has 1 fully saturated rings. The molecule has 0 spiro atoms. The number of hydrogen-bond donors (Lipinski definition) is 2. The van der Waals surface area contributed by atoms with Crippen LogP contribution >= 0.6 is 11.3 Å². The fourth-order valence-electron chi connectivity index (χ4n) is 4.06. The van der Waals surface area contributed by atoms with Gasteiger partial charge in [-0.1, -0.05) is 29.8 Å². The lowest BCUT2D eigenvalue weighted by Gasteiger charge is -2.15. The Hall–Kier alpha value is -3.70. The molecule has 192 valence electrons. The summed E-state index contributed by atoms with van der Waals surface area (Å²) in [5.41, 5.74) is 4.20. The quantitative estimate of drug-likeness (QED) is 0.184. The van der Waals surface area contributed by atoms with Crippen LogP contribution in [0.4, 0.5) is 0 Å². The molecular weight excluding hydrogens is 512 g/mol. The number of hydrogen-bond acceptors (Lipinski definition) is 8. The van der Waals surface area contributed by atoms with Gasteiger partial charge in [0.1, 0.15) is 12.4 Å². The number of ether oxygens (including phenoxy) is 1. The van der Waals surface area contributed by atoms with Gasteiger partial charge in [0, 0.05) is 27.8 Å². The third-order valence-electron chi connectivity index (χ3n) is 6.55. The highest BCUT2D eigenvalue weighted by Crippen LogP contribution is 2.45. The van der Waals surface area contributed by atoms with E-state index in [1.54, 1.807) is 48.0 Å². The van der Waals surface area contributed by atoms with E-state index >= 15 is 0 Å². The predicted molar refractivity (Wildman–Crippen MR) is 141 cm³/mol. The maximum atomic E-state index is 13.9. The van der Waals surface area contributed by atoms with Crippen LogP contribution in [-0.2, 0) is 28.0 Å². The number of carbonyl (C=O) groups is 1. The molecule has 37 heavy (non-hydrogen) atoms. The van der Waals surface area contributed by atoms with Crippen LogP contribution in [0.1, 0.15) is 42.3 Å². The Labute approximate surface area is 218 Å². The molecule has 0 saturated heterocycles. The molecule has 9 nitrogen and oxygen atoms in total. The van der Waals surface area contributed by atoms with Gasteiger partial charge in [0.05, 0.1) is 40.1 Å². The SMILES string of the molecule is Cc1ccc(S(=O)(=O)n2c(CNC(=O)C3(C)CC3)cc3cc(/C=N/O)c(OCc4cscn4)cc32)cc1. The van der Waals surface area contributed by atoms with Crippen molar-refractivity contribution in [3.05, 3.63) is 75.9 Å². The number of thiazole rings is 1. The number of aryl methyl sites for hydroxylation is 1. The van der Waals surface area contributed by atoms with Gasteiger partial charge < -0.3 is 15.3 Å². The van der Waals surface area contributed by atoms with Gasteiger partial charge in [-0.2, -0.15) is 0 Å². The highest BCUT2D eigenvalue weighted by Gasteiger charge is 2.44. The largest absolute Gasteiger partial charge is 0.486 e. The number of oxime groups is 1. The lowest BCUT2D eigenvalue weighted by atomic mass is 10.1. The third kappa shape index (κ3) is 4.96. The predicted octanol–water partition coefficient (Wildman–Crippen LogP) is 4.45. The van der Waals surface area contributed by atoms with Crippen LogP contribution in [0.5, 0.6) is 5.75 Å². The Morgan fingerprint density at radius 1 is 1.27 bits per heavy atom. The van der Waals surface area contributed by atoms with E-state index < -0.39 is 15.4 Å². The summed E-state index contributed by atoms with van der Waals surface area (Å²) in [6.07, 6.45) is 2.86. The molecule has 2 aromatic carbocycles. The summed E-state index contributed by atoms with van der Waals surface area (Å²) in [4.78, 5) is 17.0. The van der Waals surface area contributed by atoms with E-state index in [-0.39, 0.29) is 24.0 Å². The molecule has 0 radical (unpaired) electrons. The zero-order valence-electron chi connectivity index (χ0n) is 20.3. The number of aromatic nitrogens is 2. The van der Waals surface area contributed by atoms with Crippen molar-refractivity contribution in [1.29, 1.82) is 0 Å². The maximum Gasteiger partial charge on any atom is 0.268 e. The molecule has 0 atom stereocenters. The minimum Gasteiger partial charge on any atom is -0.486 e. The summed E-state index contributed by atoms with van der Waals surface area (Å²) in [7, 11) is -4.02. The fourth-order valence-corrected chi connectivity index (χ4v) is 6.13. The second-order valence-electron chi connectivity index (χ2n) is 9.42. The number of nitrogens with zero attached hydrogens (tertiary/aromatic N) is 3. The first kappa shape index (κ1) is 25.0. The smallest absolute Gasteiger partial charge is 0.268 e. The number of rotatable bonds is 9. The van der Waals surface area contributed by atoms with Crippen molar-refractivity contribution in [1.82, 2.24) is 14.3 Å². The first-order chi connectivity index (χ1) is 17.7. The van der Waals surface area contributed by atoms with Crippen LogP contribution in [0.15, 0.2) is 63.4 Å². The van der Waals surface area contributed by atoms with E-state index in [0.717, 1.165) is 24.1 Å². The van der Waals surface area contributed by atoms with Crippen LogP contribution in [0, 0.1) is 12.3 Å². The summed E-state index contributed by atoms with van der Waals surface area (Å²) in [5, 5.41) is 17.7. The minimum absolute atomic E-state index is 0.0344. The first-order valence-electron chi connectivity index (χ1n) is 11.7. The van der Waals surface area contributed by atoms with Gasteiger partial charge in [-0.25, -0.2) is 17.4 Å². The molecule has 2 aromatic heterocycles. The molecule has 1 aliphatic carbocycles. The first-order valence-corrected chi connectivity index (χ1v) is 14.1. The molecule has 1 aliphatic rings. The summed E-state index contributed by atoms with van der Waals surface area (Å²) < 4.78 is 35.0. The van der Waals surface area contributed by atoms with Crippen molar-refractivity contribution >= 4 is 44.4 Å². The molecule has 1 saturated carbocycles. The van der Waals surface area contributed by atoms with Crippen LogP contribution in [0.25, 0.3) is 10.9 Å². The van der Waals surface area contributed by atoms with Gasteiger partial charge in [-0.3, -0.25) is 4.79 Å². The Morgan fingerprint density at radius 3 is 2.68 bits per heavy atom. The molecule has 2 heterocycles. The molecule has 11 heteroatoms. The number of nitrogens with one attached hydrogen (secondary N) is 1. The average molecular weight is 539 g/mol. The number of amides is 1. The molecular formula is C26H26N4O5S2. The standard InChI is InChI=1S/C26H26N4O5S2/c1-17-3-5-22(6-4-17)37(33,34)30-21(13-27-25(31)26(2)7-8-26)10-18-9-19(12-29-32)24(11-23(18)30)35-14-20-15-36-16-28-20/h3-6,9-12,15-16,32H,7-8,13-14H2,1-2H3,(H,27,31)/b29-12+. The maximum absolute atomic E-state index is 13.9. The van der Waals surface area contributed by atoms with Gasteiger partial charge in [0.2, 0.25) is 5.91 Å². The zero-order chi connectivity index (χ0) is 26.2. The Bertz CT molecular complexity index is 1590. The Balaban J connectivity index is 1.63. The van der Waals surface area contributed by atoms with Crippen molar-refractivity contribution in [2.75, 3.05) is 0 Å². The van der Waals surface area contributed by atoms with E-state index in [9.17, 15) is 18.4 Å². The molecule has 2 N–H and O–H groups in total. The Morgan fingerprint density at radius 2 is 2.03 bits per heavy atom. The van der Waals surface area contributed by atoms with Crippen molar-refractivity contribution in [3.8, 4) is 5.75 Å². The van der Waals surface area contributed by atoms with Crippen molar-refractivity contribution in [3.63, 3.8) is 0 Å². The molecule has 0 bridgehead atoms. The summed E-state index contributed by atoms with van der Waals surface area (Å²) in [6, 6.07) is 11.6. The van der Waals surface area contributed by atoms with E-state index in [1.807, 2.05) is 19.2 Å². The molecule has 5 rings (SSSR count). The summed E-state index contributed by atoms with van der Waals surface area (Å²) in [6.45, 7) is 3.98. The number of fused-ring (bicyclic) bond motifs is 1. The highest BCUT2D eigenvalue weighted by molar-refractivity contribution is 7.90. The molecule has 0 aliphatic heterocycles. The fraction of sp³-hybridized carbons (Fsp3) is 0.269. The minimum atomic E-state index is -4.02. The van der Waals surface area contributed by atoms with Crippen LogP contribution in [0.3, 0.4) is 0 Å². The van der Waals surface area contributed by atoms with Crippen LogP contribution in [0.2, 0.25) is 0 Å². The van der Waals surface area contributed by atoms with Crippen LogP contribution < -0.4 is 10.1 Å². The van der Waals surface area contributed by atoms with E-state index in [2.05, 4.69) is 15.5 Å². The number of benzene rings is 2. The Kier molecular flexibility index (Phi) is 6.50. The van der Waals surface area contributed by atoms with Crippen molar-refractivity contribution in [2.24, 2.45) is 10.6 Å². The lowest BCUT2D eigenvalue weighted by Crippen LogP contribution is -2.31. The number of carbonyl (C=O) groups excluding carboxylic acids is 1. The van der Waals surface area contributed by atoms with E-state index in [1.165, 1.54) is 21.5 Å². The second kappa shape index (κ2) is 9.64. The summed E-state index contributed by atoms with van der Waals surface area (Å²) >= 11 is 1.44. The van der Waals surface area contributed by atoms with Gasteiger partial charge in [-0.15, -0.1) is 11.3 Å². The van der Waals surface area contributed by atoms with Crippen LogP contribution in [-0.4, -0.2) is 34.7 Å². The van der Waals surface area contributed by atoms with Gasteiger partial charge in [-0.05, 0) is 44.0 Å². The molecule has 1 amide bonds. The molecule has 0 unspecified atom stereocenters. The molecule has 4 aromatic rings. The zero-order valence-corrected chi connectivity index (χ0v) is 22.0. The monoisotopic (exact) mass is 538 g/mol. The van der Waals surface area contributed by atoms with Crippen molar-refractivity contribution in [2.45, 2.75) is 44.7 Å². The lowest BCUT2D eigenvalue weighted by molar-refractivity contribution is -0.125. The van der Waals surface area contributed by atoms with Crippen molar-refractivity contribution < 1.29 is 23.2 Å². The van der Waals surface area contributed by atoms with Gasteiger partial charge in [0.15, 0.2) is 0 Å². The highest BCUT2D eigenvalue weighted by atomic mass is 32.2.